The molecule has 1 heterocycles. The van der Waals surface area contributed by atoms with E-state index in [1.54, 1.807) is 0 Å². The highest BCUT2D eigenvalue weighted by Crippen LogP contribution is 2.65. The average Bonchev–Trinajstić information content (AvgIpc) is 2.58. The van der Waals surface area contributed by atoms with Gasteiger partial charge < -0.3 is 9.84 Å². The molecule has 2 heteroatoms. The van der Waals surface area contributed by atoms with E-state index in [-0.39, 0.29) is 16.6 Å². The van der Waals surface area contributed by atoms with Crippen molar-refractivity contribution in [3.63, 3.8) is 0 Å². The van der Waals surface area contributed by atoms with Crippen LogP contribution in [0, 0.1) is 11.3 Å². The molecule has 4 atom stereocenters. The number of fused-ring (bicyclic) bond motifs is 1. The van der Waals surface area contributed by atoms with E-state index >= 15 is 0 Å². The Kier molecular flexibility index (Phi) is 3.31. The first-order valence-electron chi connectivity index (χ1n) is 8.67. The van der Waals surface area contributed by atoms with E-state index < -0.39 is 5.60 Å². The third kappa shape index (κ3) is 2.06. The molecule has 2 nitrogen and oxygen atoms in total. The third-order valence-corrected chi connectivity index (χ3v) is 6.91. The zero-order valence-electron chi connectivity index (χ0n) is 13.8. The van der Waals surface area contributed by atoms with Gasteiger partial charge in [-0.05, 0) is 63.7 Å². The zero-order chi connectivity index (χ0) is 14.6. The highest BCUT2D eigenvalue weighted by Gasteiger charge is 2.66. The van der Waals surface area contributed by atoms with Crippen molar-refractivity contribution >= 4 is 0 Å². The molecule has 1 spiro atoms. The van der Waals surface area contributed by atoms with Crippen LogP contribution >= 0.6 is 0 Å². The van der Waals surface area contributed by atoms with Crippen LogP contribution in [-0.4, -0.2) is 21.9 Å². The predicted molar refractivity (Wildman–Crippen MR) is 81.7 cm³/mol. The molecule has 20 heavy (non-hydrogen) atoms. The van der Waals surface area contributed by atoms with Crippen LogP contribution in [0.5, 0.6) is 0 Å². The van der Waals surface area contributed by atoms with Gasteiger partial charge in [0.1, 0.15) is 0 Å². The van der Waals surface area contributed by atoms with Gasteiger partial charge in [0.25, 0.3) is 0 Å². The van der Waals surface area contributed by atoms with E-state index in [4.69, 9.17) is 4.74 Å². The summed E-state index contributed by atoms with van der Waals surface area (Å²) < 4.78 is 6.68. The van der Waals surface area contributed by atoms with Gasteiger partial charge in [-0.3, -0.25) is 0 Å². The van der Waals surface area contributed by atoms with Crippen molar-refractivity contribution in [1.82, 2.24) is 0 Å². The van der Waals surface area contributed by atoms with Gasteiger partial charge in [-0.2, -0.15) is 0 Å². The molecule has 0 aromatic heterocycles. The molecule has 116 valence electrons. The van der Waals surface area contributed by atoms with E-state index in [9.17, 15) is 5.11 Å². The summed E-state index contributed by atoms with van der Waals surface area (Å²) in [5.74, 6) is 0.684. The molecule has 0 aromatic carbocycles. The predicted octanol–water partition coefficient (Wildman–Crippen LogP) is 4.45. The maximum atomic E-state index is 11.1. The van der Waals surface area contributed by atoms with Gasteiger partial charge in [-0.1, -0.05) is 26.7 Å². The molecule has 0 amide bonds. The number of aliphatic hydroxyl groups is 1. The number of hydrogen-bond donors (Lipinski definition) is 1. The highest BCUT2D eigenvalue weighted by atomic mass is 16.5. The third-order valence-electron chi connectivity index (χ3n) is 6.91. The minimum atomic E-state index is -0.474. The summed E-state index contributed by atoms with van der Waals surface area (Å²) in [5.41, 5.74) is -0.242. The van der Waals surface area contributed by atoms with Gasteiger partial charge >= 0.3 is 0 Å². The molecule has 3 aliphatic rings. The monoisotopic (exact) mass is 280 g/mol. The first-order valence-corrected chi connectivity index (χ1v) is 8.67. The van der Waals surface area contributed by atoms with Crippen LogP contribution in [0.3, 0.4) is 0 Å². The lowest BCUT2D eigenvalue weighted by Gasteiger charge is -2.56. The summed E-state index contributed by atoms with van der Waals surface area (Å²) in [6.07, 6.45) is 9.99. The fourth-order valence-corrected chi connectivity index (χ4v) is 5.33. The van der Waals surface area contributed by atoms with Crippen LogP contribution in [0.1, 0.15) is 85.5 Å². The maximum Gasteiger partial charge on any atom is 0.0774 e. The lowest BCUT2D eigenvalue weighted by Crippen LogP contribution is -2.57. The molecular formula is C18H32O2. The number of ether oxygens (including phenoxy) is 1. The van der Waals surface area contributed by atoms with Gasteiger partial charge in [0.05, 0.1) is 16.8 Å². The van der Waals surface area contributed by atoms with Crippen molar-refractivity contribution in [1.29, 1.82) is 0 Å². The normalized spacial score (nSPS) is 50.0. The van der Waals surface area contributed by atoms with Crippen LogP contribution < -0.4 is 0 Å². The van der Waals surface area contributed by atoms with Crippen molar-refractivity contribution in [3.8, 4) is 0 Å². The lowest BCUT2D eigenvalue weighted by atomic mass is 9.53. The van der Waals surface area contributed by atoms with Crippen molar-refractivity contribution in [2.24, 2.45) is 11.3 Å². The zero-order valence-corrected chi connectivity index (χ0v) is 13.8. The van der Waals surface area contributed by atoms with E-state index in [0.29, 0.717) is 5.92 Å². The molecule has 2 bridgehead atoms. The largest absolute Gasteiger partial charge is 0.390 e. The second kappa shape index (κ2) is 4.46. The van der Waals surface area contributed by atoms with Gasteiger partial charge in [-0.15, -0.1) is 0 Å². The van der Waals surface area contributed by atoms with Crippen LogP contribution in [-0.2, 0) is 4.74 Å². The molecule has 0 aromatic rings. The van der Waals surface area contributed by atoms with Gasteiger partial charge in [0, 0.05) is 6.42 Å². The Morgan fingerprint density at radius 3 is 2.60 bits per heavy atom. The first kappa shape index (κ1) is 14.8. The molecule has 1 saturated heterocycles. The molecule has 2 saturated carbocycles. The molecule has 0 radical (unpaired) electrons. The maximum absolute atomic E-state index is 11.1. The Labute approximate surface area is 124 Å². The molecule has 1 aliphatic heterocycles. The fraction of sp³-hybridized carbons (Fsp3) is 1.00. The minimum absolute atomic E-state index is 0.000760. The standard InChI is InChI=1S/C18H32O2/c1-5-6-8-17(19)11-10-16(4)9-7-14-12-18(16,13-17)20-15(14,2)3/h14,19H,5-13H2,1-4H3/t14-,16-,17+,18+/m1/s1. The lowest BCUT2D eigenvalue weighted by molar-refractivity contribution is -0.210. The summed E-state index contributed by atoms with van der Waals surface area (Å²) in [5, 5.41) is 11.1. The number of hydrogen-bond acceptors (Lipinski definition) is 2. The second-order valence-corrected chi connectivity index (χ2v) is 8.70. The average molecular weight is 280 g/mol. The fourth-order valence-electron chi connectivity index (χ4n) is 5.33. The molecule has 3 rings (SSSR count). The quantitative estimate of drug-likeness (QED) is 0.828. The van der Waals surface area contributed by atoms with Gasteiger partial charge in [0.2, 0.25) is 0 Å². The van der Waals surface area contributed by atoms with E-state index in [1.807, 2.05) is 0 Å². The smallest absolute Gasteiger partial charge is 0.0774 e. The summed E-state index contributed by atoms with van der Waals surface area (Å²) in [7, 11) is 0. The van der Waals surface area contributed by atoms with Crippen LogP contribution in [0.15, 0.2) is 0 Å². The molecule has 2 aliphatic carbocycles. The second-order valence-electron chi connectivity index (χ2n) is 8.70. The van der Waals surface area contributed by atoms with E-state index in [1.165, 1.54) is 25.7 Å². The Morgan fingerprint density at radius 2 is 1.90 bits per heavy atom. The number of unbranched alkanes of at least 4 members (excludes halogenated alkanes) is 1. The van der Waals surface area contributed by atoms with Crippen LogP contribution in [0.25, 0.3) is 0 Å². The minimum Gasteiger partial charge on any atom is -0.390 e. The summed E-state index contributed by atoms with van der Waals surface area (Å²) >= 11 is 0. The SMILES string of the molecule is CCCC[C@]1(O)CC[C@@]2(C)CC[C@@H]3C[C@@]2(C1)OC3(C)C. The highest BCUT2D eigenvalue weighted by molar-refractivity contribution is 5.15. The van der Waals surface area contributed by atoms with Crippen molar-refractivity contribution in [3.05, 3.63) is 0 Å². The Morgan fingerprint density at radius 1 is 1.15 bits per heavy atom. The van der Waals surface area contributed by atoms with Gasteiger partial charge in [-0.25, -0.2) is 0 Å². The van der Waals surface area contributed by atoms with E-state index in [2.05, 4.69) is 27.7 Å². The Balaban J connectivity index is 1.87. The molecule has 1 N–H and O–H groups in total. The van der Waals surface area contributed by atoms with Crippen molar-refractivity contribution in [2.75, 3.05) is 0 Å². The summed E-state index contributed by atoms with van der Waals surface area (Å²) in [4.78, 5) is 0. The Hall–Kier alpha value is -0.0800. The molecular weight excluding hydrogens is 248 g/mol. The van der Waals surface area contributed by atoms with Crippen molar-refractivity contribution < 1.29 is 9.84 Å². The summed E-state index contributed by atoms with van der Waals surface area (Å²) in [6.45, 7) is 9.15. The Bertz CT molecular complexity index is 391. The topological polar surface area (TPSA) is 29.5 Å². The first-order chi connectivity index (χ1) is 9.24. The number of rotatable bonds is 3. The van der Waals surface area contributed by atoms with Crippen molar-refractivity contribution in [2.45, 2.75) is 102 Å². The van der Waals surface area contributed by atoms with Crippen LogP contribution in [0.2, 0.25) is 0 Å². The van der Waals surface area contributed by atoms with Gasteiger partial charge in [0.15, 0.2) is 0 Å². The molecule has 0 unspecified atom stereocenters. The molecule has 3 fully saturated rings. The van der Waals surface area contributed by atoms with Crippen LogP contribution in [0.4, 0.5) is 0 Å². The van der Waals surface area contributed by atoms with E-state index in [0.717, 1.165) is 32.1 Å². The summed E-state index contributed by atoms with van der Waals surface area (Å²) in [6, 6.07) is 0.